The maximum atomic E-state index is 9.68. The minimum Gasteiger partial charge on any atom is -0.457 e. The zero-order valence-corrected chi connectivity index (χ0v) is 14.6. The molecule has 0 N–H and O–H groups in total. The van der Waals surface area contributed by atoms with Gasteiger partial charge in [-0.25, -0.2) is 0 Å². The van der Waals surface area contributed by atoms with Gasteiger partial charge in [0.2, 0.25) is 0 Å². The molecule has 26 heavy (non-hydrogen) atoms. The number of nitrogens with zero attached hydrogens (tertiary/aromatic N) is 1. The third kappa shape index (κ3) is 3.13. The van der Waals surface area contributed by atoms with Crippen molar-refractivity contribution in [2.75, 3.05) is 0 Å². The van der Waals surface area contributed by atoms with Crippen LogP contribution in [-0.2, 0) is 0 Å². The lowest BCUT2D eigenvalue weighted by Crippen LogP contribution is -1.84. The lowest BCUT2D eigenvalue weighted by molar-refractivity contribution is 0.572. The van der Waals surface area contributed by atoms with E-state index in [9.17, 15) is 5.26 Å². The number of hydrogen-bond acceptors (Lipinski definition) is 2. The van der Waals surface area contributed by atoms with E-state index in [1.165, 1.54) is 0 Å². The highest BCUT2D eigenvalue weighted by Gasteiger charge is 2.09. The Hall–Kier alpha value is -3.28. The lowest BCUT2D eigenvalue weighted by Gasteiger charge is -2.04. The monoisotopic (exact) mass is 355 g/mol. The Labute approximate surface area is 156 Å². The predicted octanol–water partition coefficient (Wildman–Crippen LogP) is 6.82. The molecule has 0 bridgehead atoms. The molecule has 1 heterocycles. The van der Waals surface area contributed by atoms with E-state index in [2.05, 4.69) is 6.07 Å². The van der Waals surface area contributed by atoms with Crippen LogP contribution in [0, 0.1) is 11.3 Å². The Bertz CT molecular complexity index is 1140. The van der Waals surface area contributed by atoms with Gasteiger partial charge >= 0.3 is 0 Å². The number of fused-ring (bicyclic) bond motifs is 1. The summed E-state index contributed by atoms with van der Waals surface area (Å²) in [6.07, 6.45) is 1.78. The van der Waals surface area contributed by atoms with Crippen LogP contribution in [0.15, 0.2) is 83.3 Å². The Morgan fingerprint density at radius 3 is 2.46 bits per heavy atom. The van der Waals surface area contributed by atoms with Gasteiger partial charge in [-0.1, -0.05) is 54.1 Å². The zero-order chi connectivity index (χ0) is 17.9. The minimum absolute atomic E-state index is 0.568. The van der Waals surface area contributed by atoms with Crippen molar-refractivity contribution in [3.8, 4) is 17.4 Å². The normalized spacial score (nSPS) is 11.5. The smallest absolute Gasteiger partial charge is 0.134 e. The molecule has 0 radical (unpaired) electrons. The molecule has 0 spiro atoms. The average molecular weight is 356 g/mol. The molecule has 1 aromatic heterocycles. The molecule has 0 fully saturated rings. The molecule has 0 saturated carbocycles. The molecule has 3 heteroatoms. The van der Waals surface area contributed by atoms with Gasteiger partial charge in [0.25, 0.3) is 0 Å². The topological polar surface area (TPSA) is 36.9 Å². The number of allylic oxidation sites excluding steroid dienone is 1. The molecule has 0 saturated heterocycles. The molecule has 124 valence electrons. The molecule has 2 nitrogen and oxygen atoms in total. The Morgan fingerprint density at radius 2 is 1.65 bits per heavy atom. The predicted molar refractivity (Wildman–Crippen MR) is 107 cm³/mol. The van der Waals surface area contributed by atoms with Gasteiger partial charge in [-0.15, -0.1) is 0 Å². The zero-order valence-electron chi connectivity index (χ0n) is 13.8. The van der Waals surface area contributed by atoms with Crippen molar-refractivity contribution in [3.05, 3.63) is 95.2 Å². The van der Waals surface area contributed by atoms with Gasteiger partial charge in [-0.3, -0.25) is 0 Å². The van der Waals surface area contributed by atoms with Crippen molar-refractivity contribution >= 4 is 34.0 Å². The molecule has 3 aromatic carbocycles. The van der Waals surface area contributed by atoms with Crippen LogP contribution in [0.3, 0.4) is 0 Å². The largest absolute Gasteiger partial charge is 0.457 e. The highest BCUT2D eigenvalue weighted by atomic mass is 35.5. The minimum atomic E-state index is 0.568. The molecule has 0 aliphatic heterocycles. The molecule has 0 aliphatic carbocycles. The summed E-state index contributed by atoms with van der Waals surface area (Å²) in [4.78, 5) is 0. The van der Waals surface area contributed by atoms with Gasteiger partial charge in [0, 0.05) is 16.1 Å². The highest BCUT2D eigenvalue weighted by Crippen LogP contribution is 2.29. The quantitative estimate of drug-likeness (QED) is 0.378. The standard InChI is InChI=1S/C23H14ClNO/c24-19-10-8-17(9-11-19)23-13-12-20(26-23)14-18(15-25)22-7-3-5-16-4-1-2-6-21(16)22/h1-14H. The number of halogens is 1. The van der Waals surface area contributed by atoms with Crippen molar-refractivity contribution in [2.45, 2.75) is 0 Å². The van der Waals surface area contributed by atoms with Gasteiger partial charge in [0.05, 0.1) is 11.6 Å². The summed E-state index contributed by atoms with van der Waals surface area (Å²) in [5.74, 6) is 1.38. The van der Waals surface area contributed by atoms with Crippen LogP contribution in [0.4, 0.5) is 0 Å². The van der Waals surface area contributed by atoms with Crippen LogP contribution in [0.1, 0.15) is 11.3 Å². The fourth-order valence-corrected chi connectivity index (χ4v) is 3.10. The van der Waals surface area contributed by atoms with E-state index in [4.69, 9.17) is 16.0 Å². The molecule has 4 aromatic rings. The maximum absolute atomic E-state index is 9.68. The first-order chi connectivity index (χ1) is 12.7. The Kier molecular flexibility index (Phi) is 4.31. The van der Waals surface area contributed by atoms with E-state index >= 15 is 0 Å². The van der Waals surface area contributed by atoms with Crippen molar-refractivity contribution in [2.24, 2.45) is 0 Å². The fourth-order valence-electron chi connectivity index (χ4n) is 2.97. The van der Waals surface area contributed by atoms with E-state index in [1.54, 1.807) is 6.08 Å². The van der Waals surface area contributed by atoms with E-state index in [0.717, 1.165) is 27.7 Å². The summed E-state index contributed by atoms with van der Waals surface area (Å²) >= 11 is 5.93. The first kappa shape index (κ1) is 16.2. The van der Waals surface area contributed by atoms with Gasteiger partial charge in [-0.05, 0) is 53.2 Å². The molecule has 0 atom stereocenters. The van der Waals surface area contributed by atoms with Gasteiger partial charge in [0.15, 0.2) is 0 Å². The second-order valence-corrected chi connectivity index (χ2v) is 6.34. The average Bonchev–Trinajstić information content (AvgIpc) is 3.15. The molecular weight excluding hydrogens is 342 g/mol. The Balaban J connectivity index is 1.75. The van der Waals surface area contributed by atoms with E-state index in [0.29, 0.717) is 16.4 Å². The number of furan rings is 1. The van der Waals surface area contributed by atoms with E-state index in [1.807, 2.05) is 78.9 Å². The van der Waals surface area contributed by atoms with E-state index in [-0.39, 0.29) is 0 Å². The van der Waals surface area contributed by atoms with Gasteiger partial charge < -0.3 is 4.42 Å². The third-order valence-corrected chi connectivity index (χ3v) is 4.49. The summed E-state index contributed by atoms with van der Waals surface area (Å²) in [5.41, 5.74) is 2.41. The molecule has 0 aliphatic rings. The van der Waals surface area contributed by atoms with Crippen LogP contribution < -0.4 is 0 Å². The first-order valence-corrected chi connectivity index (χ1v) is 8.58. The fraction of sp³-hybridized carbons (Fsp3) is 0. The molecule has 0 amide bonds. The second-order valence-electron chi connectivity index (χ2n) is 5.91. The third-order valence-electron chi connectivity index (χ3n) is 4.24. The molecular formula is C23H14ClNO. The van der Waals surface area contributed by atoms with Gasteiger partial charge in [0.1, 0.15) is 11.5 Å². The summed E-state index contributed by atoms with van der Waals surface area (Å²) < 4.78 is 5.90. The summed E-state index contributed by atoms with van der Waals surface area (Å²) in [6.45, 7) is 0. The number of rotatable bonds is 3. The number of nitriles is 1. The van der Waals surface area contributed by atoms with Crippen LogP contribution in [-0.4, -0.2) is 0 Å². The van der Waals surface area contributed by atoms with Crippen molar-refractivity contribution in [1.29, 1.82) is 5.26 Å². The van der Waals surface area contributed by atoms with Gasteiger partial charge in [-0.2, -0.15) is 5.26 Å². The number of benzene rings is 3. The molecule has 4 rings (SSSR count). The van der Waals surface area contributed by atoms with Crippen LogP contribution in [0.5, 0.6) is 0 Å². The Morgan fingerprint density at radius 1 is 0.885 bits per heavy atom. The van der Waals surface area contributed by atoms with Crippen molar-refractivity contribution in [3.63, 3.8) is 0 Å². The van der Waals surface area contributed by atoms with Crippen molar-refractivity contribution in [1.82, 2.24) is 0 Å². The second kappa shape index (κ2) is 6.92. The van der Waals surface area contributed by atoms with Crippen LogP contribution in [0.2, 0.25) is 5.02 Å². The lowest BCUT2D eigenvalue weighted by atomic mass is 9.98. The van der Waals surface area contributed by atoms with Crippen LogP contribution >= 0.6 is 11.6 Å². The van der Waals surface area contributed by atoms with E-state index < -0.39 is 0 Å². The van der Waals surface area contributed by atoms with Crippen LogP contribution in [0.25, 0.3) is 33.7 Å². The summed E-state index contributed by atoms with van der Waals surface area (Å²) in [7, 11) is 0. The maximum Gasteiger partial charge on any atom is 0.134 e. The summed E-state index contributed by atoms with van der Waals surface area (Å²) in [5, 5.41) is 12.5. The summed E-state index contributed by atoms with van der Waals surface area (Å²) in [6, 6.07) is 27.5. The highest BCUT2D eigenvalue weighted by molar-refractivity contribution is 6.30. The van der Waals surface area contributed by atoms with Crippen molar-refractivity contribution < 1.29 is 4.42 Å². The molecule has 0 unspecified atom stereocenters. The SMILES string of the molecule is N#CC(=Cc1ccc(-c2ccc(Cl)cc2)o1)c1cccc2ccccc12. The number of hydrogen-bond donors (Lipinski definition) is 0. The first-order valence-electron chi connectivity index (χ1n) is 8.20.